The van der Waals surface area contributed by atoms with Crippen LogP contribution in [0.3, 0.4) is 0 Å². The van der Waals surface area contributed by atoms with Crippen LogP contribution in [0.1, 0.15) is 26.7 Å². The van der Waals surface area contributed by atoms with Crippen molar-refractivity contribution in [2.75, 3.05) is 26.8 Å². The van der Waals surface area contributed by atoms with Gasteiger partial charge in [-0.25, -0.2) is 0 Å². The number of carbonyl (C=O) groups is 1. The Labute approximate surface area is 91.8 Å². The fourth-order valence-electron chi connectivity index (χ4n) is 1.94. The molecule has 0 saturated carbocycles. The minimum atomic E-state index is -0.250. The molecule has 2 atom stereocenters. The molecule has 0 radical (unpaired) electrons. The third-order valence-corrected chi connectivity index (χ3v) is 2.94. The molecular formula is C11H22N2O2. The van der Waals surface area contributed by atoms with Crippen molar-refractivity contribution in [3.05, 3.63) is 0 Å². The molecule has 15 heavy (non-hydrogen) atoms. The van der Waals surface area contributed by atoms with E-state index >= 15 is 0 Å². The molecule has 0 aromatic rings. The summed E-state index contributed by atoms with van der Waals surface area (Å²) in [5.74, 6) is 0.138. The summed E-state index contributed by atoms with van der Waals surface area (Å²) in [6, 6.07) is 0.0845. The van der Waals surface area contributed by atoms with Crippen LogP contribution >= 0.6 is 0 Å². The fraction of sp³-hybridized carbons (Fsp3) is 0.909. The lowest BCUT2D eigenvalue weighted by atomic mass is 9.82. The van der Waals surface area contributed by atoms with Crippen LogP contribution in [0, 0.1) is 5.41 Å². The van der Waals surface area contributed by atoms with E-state index in [1.165, 1.54) is 0 Å². The summed E-state index contributed by atoms with van der Waals surface area (Å²) in [4.78, 5) is 12.0. The average molecular weight is 214 g/mol. The summed E-state index contributed by atoms with van der Waals surface area (Å²) < 4.78 is 4.99. The summed E-state index contributed by atoms with van der Waals surface area (Å²) in [7, 11) is 1.65. The number of rotatable bonds is 4. The monoisotopic (exact) mass is 214 g/mol. The molecule has 4 nitrogen and oxygen atoms in total. The zero-order valence-electron chi connectivity index (χ0n) is 9.93. The van der Waals surface area contributed by atoms with Gasteiger partial charge in [0.2, 0.25) is 5.91 Å². The van der Waals surface area contributed by atoms with Crippen molar-refractivity contribution >= 4 is 5.91 Å². The van der Waals surface area contributed by atoms with Crippen LogP contribution in [0.25, 0.3) is 0 Å². The molecule has 0 spiro atoms. The summed E-state index contributed by atoms with van der Waals surface area (Å²) >= 11 is 0. The van der Waals surface area contributed by atoms with Crippen molar-refractivity contribution < 1.29 is 9.53 Å². The lowest BCUT2D eigenvalue weighted by molar-refractivity contribution is -0.132. The summed E-state index contributed by atoms with van der Waals surface area (Å²) in [6.45, 7) is 6.35. The van der Waals surface area contributed by atoms with E-state index in [1.807, 2.05) is 13.8 Å². The molecule has 4 heteroatoms. The molecule has 1 rings (SSSR count). The van der Waals surface area contributed by atoms with Gasteiger partial charge >= 0.3 is 0 Å². The van der Waals surface area contributed by atoms with Crippen molar-refractivity contribution in [3.8, 4) is 0 Å². The molecule has 1 amide bonds. The quantitative estimate of drug-likeness (QED) is 0.717. The molecule has 0 aromatic heterocycles. The Morgan fingerprint density at radius 1 is 1.67 bits per heavy atom. The molecular weight excluding hydrogens is 192 g/mol. The topological polar surface area (TPSA) is 50.4 Å². The molecule has 1 fully saturated rings. The van der Waals surface area contributed by atoms with Crippen molar-refractivity contribution in [3.63, 3.8) is 0 Å². The minimum Gasteiger partial charge on any atom is -0.383 e. The number of methoxy groups -OCH3 is 1. The van der Waals surface area contributed by atoms with Crippen molar-refractivity contribution in [2.45, 2.75) is 32.7 Å². The number of ether oxygens (including phenoxy) is 1. The van der Waals surface area contributed by atoms with E-state index < -0.39 is 0 Å². The highest BCUT2D eigenvalue weighted by Crippen LogP contribution is 2.25. The Kier molecular flexibility index (Phi) is 4.54. The predicted octanol–water partition coefficient (Wildman–Crippen LogP) is 0.527. The van der Waals surface area contributed by atoms with Gasteiger partial charge in [0.05, 0.1) is 12.0 Å². The zero-order chi connectivity index (χ0) is 11.3. The third kappa shape index (κ3) is 3.47. The van der Waals surface area contributed by atoms with Gasteiger partial charge in [-0.2, -0.15) is 0 Å². The lowest BCUT2D eigenvalue weighted by Gasteiger charge is -2.33. The Hall–Kier alpha value is -0.610. The molecule has 0 bridgehead atoms. The summed E-state index contributed by atoms with van der Waals surface area (Å²) in [5, 5.41) is 6.26. The van der Waals surface area contributed by atoms with Crippen molar-refractivity contribution in [1.82, 2.24) is 10.6 Å². The number of piperidine rings is 1. The van der Waals surface area contributed by atoms with Gasteiger partial charge in [0.15, 0.2) is 0 Å². The number of hydrogen-bond acceptors (Lipinski definition) is 3. The smallest absolute Gasteiger partial charge is 0.227 e. The van der Waals surface area contributed by atoms with Crippen LogP contribution in [0.2, 0.25) is 0 Å². The normalized spacial score (nSPS) is 28.5. The lowest BCUT2D eigenvalue weighted by Crippen LogP contribution is -2.51. The number of carbonyl (C=O) groups excluding carboxylic acids is 1. The predicted molar refractivity (Wildman–Crippen MR) is 59.7 cm³/mol. The molecule has 88 valence electrons. The van der Waals surface area contributed by atoms with Crippen molar-refractivity contribution in [1.29, 1.82) is 0 Å². The van der Waals surface area contributed by atoms with Crippen LogP contribution in [-0.4, -0.2) is 38.8 Å². The summed E-state index contributed by atoms with van der Waals surface area (Å²) in [5.41, 5.74) is -0.250. The summed E-state index contributed by atoms with van der Waals surface area (Å²) in [6.07, 6.45) is 2.04. The molecule has 1 aliphatic heterocycles. The first-order chi connectivity index (χ1) is 7.08. The Morgan fingerprint density at radius 2 is 2.40 bits per heavy atom. The minimum absolute atomic E-state index is 0.0845. The molecule has 1 unspecified atom stereocenters. The van der Waals surface area contributed by atoms with Gasteiger partial charge in [0.1, 0.15) is 0 Å². The maximum atomic E-state index is 12.0. The highest BCUT2D eigenvalue weighted by molar-refractivity contribution is 5.82. The van der Waals surface area contributed by atoms with Crippen LogP contribution < -0.4 is 10.6 Å². The zero-order valence-corrected chi connectivity index (χ0v) is 9.93. The van der Waals surface area contributed by atoms with E-state index in [1.54, 1.807) is 7.11 Å². The van der Waals surface area contributed by atoms with Crippen LogP contribution in [-0.2, 0) is 9.53 Å². The first-order valence-corrected chi connectivity index (χ1v) is 5.59. The molecule has 1 heterocycles. The highest BCUT2D eigenvalue weighted by Gasteiger charge is 2.34. The van der Waals surface area contributed by atoms with Crippen LogP contribution in [0.5, 0.6) is 0 Å². The van der Waals surface area contributed by atoms with Gasteiger partial charge in [-0.15, -0.1) is 0 Å². The highest BCUT2D eigenvalue weighted by atomic mass is 16.5. The molecule has 1 aliphatic rings. The first kappa shape index (κ1) is 12.5. The standard InChI is InChI=1S/C11H22N2O2/c1-9(7-15-3)13-10(14)11(2)5-4-6-12-8-11/h9,12H,4-8H2,1-3H3,(H,13,14)/t9-,11?/m1/s1. The third-order valence-electron chi connectivity index (χ3n) is 2.94. The first-order valence-electron chi connectivity index (χ1n) is 5.59. The number of nitrogens with one attached hydrogen (secondary N) is 2. The van der Waals surface area contributed by atoms with Gasteiger partial charge in [-0.05, 0) is 33.2 Å². The maximum Gasteiger partial charge on any atom is 0.227 e. The second kappa shape index (κ2) is 5.47. The second-order valence-corrected chi connectivity index (χ2v) is 4.67. The second-order valence-electron chi connectivity index (χ2n) is 4.67. The van der Waals surface area contributed by atoms with Gasteiger partial charge in [-0.3, -0.25) is 4.79 Å². The molecule has 0 aliphatic carbocycles. The molecule has 2 N–H and O–H groups in total. The van der Waals surface area contributed by atoms with Crippen LogP contribution in [0.15, 0.2) is 0 Å². The van der Waals surface area contributed by atoms with E-state index in [0.717, 1.165) is 25.9 Å². The van der Waals surface area contributed by atoms with Crippen molar-refractivity contribution in [2.24, 2.45) is 5.41 Å². The average Bonchev–Trinajstić information content (AvgIpc) is 2.19. The number of amides is 1. The van der Waals surface area contributed by atoms with Gasteiger partial charge in [0, 0.05) is 19.7 Å². The van der Waals surface area contributed by atoms with Gasteiger partial charge < -0.3 is 15.4 Å². The van der Waals surface area contributed by atoms with Gasteiger partial charge in [-0.1, -0.05) is 0 Å². The SMILES string of the molecule is COC[C@@H](C)NC(=O)C1(C)CCCNC1. The van der Waals surface area contributed by atoms with Crippen LogP contribution in [0.4, 0.5) is 0 Å². The van der Waals surface area contributed by atoms with E-state index in [9.17, 15) is 4.79 Å². The maximum absolute atomic E-state index is 12.0. The Bertz CT molecular complexity index is 213. The van der Waals surface area contributed by atoms with E-state index in [4.69, 9.17) is 4.74 Å². The van der Waals surface area contributed by atoms with E-state index in [0.29, 0.717) is 6.61 Å². The fourth-order valence-corrected chi connectivity index (χ4v) is 1.94. The van der Waals surface area contributed by atoms with E-state index in [2.05, 4.69) is 10.6 Å². The molecule has 1 saturated heterocycles. The Balaban J connectivity index is 2.44. The largest absolute Gasteiger partial charge is 0.383 e. The van der Waals surface area contributed by atoms with E-state index in [-0.39, 0.29) is 17.4 Å². The number of hydrogen-bond donors (Lipinski definition) is 2. The Morgan fingerprint density at radius 3 is 2.93 bits per heavy atom. The van der Waals surface area contributed by atoms with Gasteiger partial charge in [0.25, 0.3) is 0 Å². The molecule has 0 aromatic carbocycles.